The van der Waals surface area contributed by atoms with Gasteiger partial charge in [0.25, 0.3) is 0 Å². The largest absolute Gasteiger partial charge is 0.0958 e. The number of rotatable bonds is 6. The van der Waals surface area contributed by atoms with Crippen LogP contribution in [0.1, 0.15) is 53.9 Å². The lowest BCUT2D eigenvalue weighted by Crippen LogP contribution is -2.04. The molecule has 0 spiro atoms. The Bertz CT molecular complexity index is 318. The van der Waals surface area contributed by atoms with Crippen LogP contribution in [0.25, 0.3) is 0 Å². The summed E-state index contributed by atoms with van der Waals surface area (Å²) in [6, 6.07) is 0. The molecular weight excluding hydrogens is 204 g/mol. The van der Waals surface area contributed by atoms with Gasteiger partial charge in [0.2, 0.25) is 0 Å². The minimum Gasteiger partial charge on any atom is -0.0958 e. The van der Waals surface area contributed by atoms with E-state index >= 15 is 0 Å². The minimum atomic E-state index is 0.382. The molecule has 0 nitrogen and oxygen atoms in total. The summed E-state index contributed by atoms with van der Waals surface area (Å²) < 4.78 is 0. The first-order valence-corrected chi connectivity index (χ1v) is 6.48. The lowest BCUT2D eigenvalue weighted by molar-refractivity contribution is 0.379. The molecule has 0 heteroatoms. The van der Waals surface area contributed by atoms with Crippen molar-refractivity contribution in [3.8, 4) is 0 Å². The SMILES string of the molecule is C=C(/C=C\C(=C/CC)C(=C)C)CCC(C)(C)C. The maximum Gasteiger partial charge on any atom is -0.0273 e. The van der Waals surface area contributed by atoms with Crippen molar-refractivity contribution >= 4 is 0 Å². The summed E-state index contributed by atoms with van der Waals surface area (Å²) in [6.45, 7) is 19.1. The van der Waals surface area contributed by atoms with Gasteiger partial charge in [-0.1, -0.05) is 70.2 Å². The van der Waals surface area contributed by atoms with Crippen LogP contribution in [-0.4, -0.2) is 0 Å². The number of hydrogen-bond acceptors (Lipinski definition) is 0. The van der Waals surface area contributed by atoms with Crippen molar-refractivity contribution in [3.05, 3.63) is 48.1 Å². The van der Waals surface area contributed by atoms with Crippen molar-refractivity contribution in [1.29, 1.82) is 0 Å². The Kier molecular flexibility index (Phi) is 6.87. The van der Waals surface area contributed by atoms with Crippen LogP contribution in [-0.2, 0) is 0 Å². The molecule has 0 aliphatic carbocycles. The Hall–Kier alpha value is -1.04. The fraction of sp³-hybridized carbons (Fsp3) is 0.529. The van der Waals surface area contributed by atoms with Gasteiger partial charge in [-0.05, 0) is 37.2 Å². The lowest BCUT2D eigenvalue weighted by atomic mass is 9.88. The molecule has 96 valence electrons. The topological polar surface area (TPSA) is 0 Å². The van der Waals surface area contributed by atoms with Gasteiger partial charge in [-0.2, -0.15) is 0 Å². The van der Waals surface area contributed by atoms with Gasteiger partial charge in [-0.15, -0.1) is 0 Å². The van der Waals surface area contributed by atoms with Gasteiger partial charge < -0.3 is 0 Å². The van der Waals surface area contributed by atoms with Crippen LogP contribution in [0.5, 0.6) is 0 Å². The second-order valence-electron chi connectivity index (χ2n) is 5.90. The van der Waals surface area contributed by atoms with Gasteiger partial charge in [-0.3, -0.25) is 0 Å². The summed E-state index contributed by atoms with van der Waals surface area (Å²) in [5, 5.41) is 0. The third kappa shape index (κ3) is 8.74. The number of allylic oxidation sites excluding steroid dienone is 6. The summed E-state index contributed by atoms with van der Waals surface area (Å²) >= 11 is 0. The maximum absolute atomic E-state index is 4.11. The highest BCUT2D eigenvalue weighted by Crippen LogP contribution is 2.23. The third-order valence-corrected chi connectivity index (χ3v) is 2.61. The van der Waals surface area contributed by atoms with Gasteiger partial charge in [0.05, 0.1) is 0 Å². The molecule has 0 saturated heterocycles. The van der Waals surface area contributed by atoms with Gasteiger partial charge in [0.15, 0.2) is 0 Å². The molecule has 0 atom stereocenters. The molecule has 0 amide bonds. The Morgan fingerprint density at radius 2 is 1.71 bits per heavy atom. The van der Waals surface area contributed by atoms with E-state index in [1.807, 2.05) is 6.92 Å². The monoisotopic (exact) mass is 232 g/mol. The summed E-state index contributed by atoms with van der Waals surface area (Å²) in [6.07, 6.45) is 9.75. The highest BCUT2D eigenvalue weighted by Gasteiger charge is 2.09. The van der Waals surface area contributed by atoms with Gasteiger partial charge in [0, 0.05) is 0 Å². The second-order valence-corrected chi connectivity index (χ2v) is 5.90. The zero-order valence-electron chi connectivity index (χ0n) is 12.3. The standard InChI is InChI=1S/C17H28/c1-8-9-16(14(2)3)11-10-15(4)12-13-17(5,6)7/h9-11H,2,4,8,12-13H2,1,3,5-7H3/b11-10-,16-9+. The van der Waals surface area contributed by atoms with Crippen molar-refractivity contribution in [2.24, 2.45) is 5.41 Å². The van der Waals surface area contributed by atoms with E-state index < -0.39 is 0 Å². The van der Waals surface area contributed by atoms with Crippen molar-refractivity contribution < 1.29 is 0 Å². The summed E-state index contributed by atoms with van der Waals surface area (Å²) in [7, 11) is 0. The van der Waals surface area contributed by atoms with Gasteiger partial charge >= 0.3 is 0 Å². The molecule has 0 unspecified atom stereocenters. The van der Waals surface area contributed by atoms with E-state index in [0.29, 0.717) is 5.41 Å². The number of hydrogen-bond donors (Lipinski definition) is 0. The first kappa shape index (κ1) is 16.0. The molecule has 0 aromatic heterocycles. The molecule has 0 radical (unpaired) electrons. The van der Waals surface area contributed by atoms with Gasteiger partial charge in [-0.25, -0.2) is 0 Å². The van der Waals surface area contributed by atoms with E-state index in [4.69, 9.17) is 0 Å². The average molecular weight is 232 g/mol. The van der Waals surface area contributed by atoms with Crippen molar-refractivity contribution in [1.82, 2.24) is 0 Å². The minimum absolute atomic E-state index is 0.382. The second kappa shape index (κ2) is 7.32. The summed E-state index contributed by atoms with van der Waals surface area (Å²) in [5.74, 6) is 0. The molecule has 0 aromatic rings. The molecule has 0 fully saturated rings. The summed E-state index contributed by atoms with van der Waals surface area (Å²) in [5.41, 5.74) is 3.92. The molecule has 0 saturated carbocycles. The van der Waals surface area contributed by atoms with Crippen LogP contribution in [0.2, 0.25) is 0 Å². The normalized spacial score (nSPS) is 13.1. The van der Waals surface area contributed by atoms with E-state index in [1.165, 1.54) is 17.6 Å². The Morgan fingerprint density at radius 3 is 2.12 bits per heavy atom. The molecule has 0 aliphatic rings. The quantitative estimate of drug-likeness (QED) is 0.505. The highest BCUT2D eigenvalue weighted by molar-refractivity contribution is 5.38. The van der Waals surface area contributed by atoms with Crippen LogP contribution >= 0.6 is 0 Å². The smallest absolute Gasteiger partial charge is 0.0273 e. The van der Waals surface area contributed by atoms with Crippen LogP contribution in [0.3, 0.4) is 0 Å². The fourth-order valence-electron chi connectivity index (χ4n) is 1.43. The van der Waals surface area contributed by atoms with Crippen LogP contribution in [0, 0.1) is 5.41 Å². The molecule has 0 bridgehead atoms. The van der Waals surface area contributed by atoms with Crippen molar-refractivity contribution in [2.45, 2.75) is 53.9 Å². The molecule has 0 N–H and O–H groups in total. The van der Waals surface area contributed by atoms with Crippen LogP contribution < -0.4 is 0 Å². The van der Waals surface area contributed by atoms with E-state index in [-0.39, 0.29) is 0 Å². The molecule has 17 heavy (non-hydrogen) atoms. The predicted octanol–water partition coefficient (Wildman–Crippen LogP) is 5.84. The lowest BCUT2D eigenvalue weighted by Gasteiger charge is -2.17. The van der Waals surface area contributed by atoms with E-state index in [0.717, 1.165) is 18.4 Å². The predicted molar refractivity (Wildman–Crippen MR) is 80.2 cm³/mol. The average Bonchev–Trinajstić information content (AvgIpc) is 2.19. The molecular formula is C17H28. The van der Waals surface area contributed by atoms with Crippen LogP contribution in [0.15, 0.2) is 48.1 Å². The first-order valence-electron chi connectivity index (χ1n) is 6.48. The first-order chi connectivity index (χ1) is 7.76. The van der Waals surface area contributed by atoms with E-state index in [2.05, 4.69) is 59.1 Å². The third-order valence-electron chi connectivity index (χ3n) is 2.61. The zero-order chi connectivity index (χ0) is 13.5. The molecule has 0 aromatic carbocycles. The zero-order valence-corrected chi connectivity index (χ0v) is 12.3. The Labute approximate surface area is 108 Å². The van der Waals surface area contributed by atoms with Crippen molar-refractivity contribution in [3.63, 3.8) is 0 Å². The summed E-state index contributed by atoms with van der Waals surface area (Å²) in [4.78, 5) is 0. The Morgan fingerprint density at radius 1 is 1.12 bits per heavy atom. The van der Waals surface area contributed by atoms with E-state index in [1.54, 1.807) is 0 Å². The molecule has 0 aliphatic heterocycles. The highest BCUT2D eigenvalue weighted by atomic mass is 14.1. The fourth-order valence-corrected chi connectivity index (χ4v) is 1.43. The van der Waals surface area contributed by atoms with Crippen molar-refractivity contribution in [2.75, 3.05) is 0 Å². The van der Waals surface area contributed by atoms with Gasteiger partial charge in [0.1, 0.15) is 0 Å². The van der Waals surface area contributed by atoms with E-state index in [9.17, 15) is 0 Å². The van der Waals surface area contributed by atoms with Crippen LogP contribution in [0.4, 0.5) is 0 Å². The Balaban J connectivity index is 4.36. The maximum atomic E-state index is 4.11. The molecule has 0 rings (SSSR count). The molecule has 0 heterocycles.